The average molecular weight is 827 g/mol. The van der Waals surface area contributed by atoms with Crippen LogP contribution in [0.2, 0.25) is 0 Å². The summed E-state index contributed by atoms with van der Waals surface area (Å²) >= 11 is 2.16. The molecule has 0 atom stereocenters. The zero-order valence-corrected chi connectivity index (χ0v) is 41.3. The fourth-order valence-electron chi connectivity index (χ4n) is 12.3. The average Bonchev–Trinajstić information content (AvgIpc) is 3.59. The summed E-state index contributed by atoms with van der Waals surface area (Å²) < 4.78 is 1.54. The Kier molecular flexibility index (Phi) is 8.59. The molecule has 10 rings (SSSR count). The molecule has 3 heterocycles. The molecule has 0 spiro atoms. The molecular formula is C57H71BN2S. The maximum absolute atomic E-state index is 2.78. The first-order valence-electron chi connectivity index (χ1n) is 23.6. The lowest BCUT2D eigenvalue weighted by atomic mass is 9.35. The Balaban J connectivity index is 1.34. The Bertz CT molecular complexity index is 2660. The second kappa shape index (κ2) is 12.7. The quantitative estimate of drug-likeness (QED) is 0.160. The second-order valence-electron chi connectivity index (χ2n) is 25.1. The molecule has 5 aliphatic rings. The molecule has 0 amide bonds. The number of fused-ring (bicyclic) bond motifs is 8. The lowest BCUT2D eigenvalue weighted by Gasteiger charge is -2.48. The Hall–Kier alpha value is -3.76. The van der Waals surface area contributed by atoms with Crippen LogP contribution in [-0.4, -0.2) is 6.71 Å². The molecule has 0 bridgehead atoms. The standard InChI is InChI=1S/C57H71BN2S/c1-34-29-44-47-45(30-34)60(37-21-22-38-39(31-37)53(7,8)24-23-52(38,5)6)48-46-49(57(15,16)28-27-56(46,13)14)61-50(48)58(47)42-32-40-41(55(11,12)26-25-54(40,9)10)33-43(42)59(44)36-19-17-35(18-20-36)51(2,3)4/h17-22,29-33H,23-28H2,1-16H3. The van der Waals surface area contributed by atoms with Crippen molar-refractivity contribution in [1.29, 1.82) is 0 Å². The van der Waals surface area contributed by atoms with E-state index in [1.807, 2.05) is 0 Å². The predicted molar refractivity (Wildman–Crippen MR) is 268 cm³/mol. The summed E-state index contributed by atoms with van der Waals surface area (Å²) in [6.45, 7) is 39.5. The minimum Gasteiger partial charge on any atom is -0.311 e. The van der Waals surface area contributed by atoms with Crippen molar-refractivity contribution in [2.45, 2.75) is 187 Å². The summed E-state index contributed by atoms with van der Waals surface area (Å²) in [5.74, 6) is 0. The number of hydrogen-bond acceptors (Lipinski definition) is 3. The van der Waals surface area contributed by atoms with E-state index < -0.39 is 0 Å². The molecule has 2 nitrogen and oxygen atoms in total. The van der Waals surface area contributed by atoms with Gasteiger partial charge in [-0.05, 0) is 176 Å². The number of hydrogen-bond donors (Lipinski definition) is 0. The van der Waals surface area contributed by atoms with E-state index in [-0.39, 0.29) is 44.6 Å². The van der Waals surface area contributed by atoms with Gasteiger partial charge < -0.3 is 9.80 Å². The van der Waals surface area contributed by atoms with Gasteiger partial charge in [-0.25, -0.2) is 0 Å². The van der Waals surface area contributed by atoms with Gasteiger partial charge in [-0.1, -0.05) is 128 Å². The predicted octanol–water partition coefficient (Wildman–Crippen LogP) is 14.5. The summed E-state index contributed by atoms with van der Waals surface area (Å²) in [5, 5.41) is 0. The van der Waals surface area contributed by atoms with Crippen LogP contribution >= 0.6 is 11.3 Å². The van der Waals surface area contributed by atoms with E-state index in [0.29, 0.717) is 0 Å². The van der Waals surface area contributed by atoms with Crippen LogP contribution in [0.5, 0.6) is 0 Å². The molecule has 0 unspecified atom stereocenters. The molecule has 61 heavy (non-hydrogen) atoms. The monoisotopic (exact) mass is 827 g/mol. The van der Waals surface area contributed by atoms with Gasteiger partial charge in [-0.15, -0.1) is 0 Å². The van der Waals surface area contributed by atoms with Crippen molar-refractivity contribution in [3.05, 3.63) is 111 Å². The minimum absolute atomic E-state index is 0.0486. The zero-order chi connectivity index (χ0) is 43.8. The Labute approximate surface area is 373 Å². The van der Waals surface area contributed by atoms with Crippen molar-refractivity contribution in [3.63, 3.8) is 0 Å². The molecule has 0 saturated heterocycles. The summed E-state index contributed by atoms with van der Waals surface area (Å²) in [4.78, 5) is 7.06. The first-order chi connectivity index (χ1) is 28.2. The molecule has 0 saturated carbocycles. The topological polar surface area (TPSA) is 6.48 Å². The van der Waals surface area contributed by atoms with Gasteiger partial charge in [0, 0.05) is 38.1 Å². The number of thiophene rings is 1. The van der Waals surface area contributed by atoms with Gasteiger partial charge in [-0.3, -0.25) is 0 Å². The zero-order valence-electron chi connectivity index (χ0n) is 40.5. The van der Waals surface area contributed by atoms with E-state index >= 15 is 0 Å². The van der Waals surface area contributed by atoms with Gasteiger partial charge in [0.1, 0.15) is 0 Å². The number of anilines is 6. The summed E-state index contributed by atoms with van der Waals surface area (Å²) in [6, 6.07) is 27.7. The molecular weight excluding hydrogens is 756 g/mol. The van der Waals surface area contributed by atoms with E-state index in [4.69, 9.17) is 0 Å². The molecule has 4 aromatic carbocycles. The highest BCUT2D eigenvalue weighted by Gasteiger charge is 2.52. The van der Waals surface area contributed by atoms with Crippen molar-refractivity contribution in [1.82, 2.24) is 0 Å². The van der Waals surface area contributed by atoms with Gasteiger partial charge in [0.15, 0.2) is 0 Å². The van der Waals surface area contributed by atoms with Crippen LogP contribution in [0, 0.1) is 6.92 Å². The van der Waals surface area contributed by atoms with Gasteiger partial charge in [0.2, 0.25) is 0 Å². The maximum atomic E-state index is 2.78. The number of benzene rings is 4. The van der Waals surface area contributed by atoms with Crippen LogP contribution in [0.4, 0.5) is 34.1 Å². The van der Waals surface area contributed by atoms with Gasteiger partial charge in [0.25, 0.3) is 6.71 Å². The fourth-order valence-corrected chi connectivity index (χ4v) is 14.1. The van der Waals surface area contributed by atoms with Gasteiger partial charge >= 0.3 is 0 Å². The number of aryl methyl sites for hydroxylation is 1. The Morgan fingerprint density at radius 1 is 0.508 bits per heavy atom. The van der Waals surface area contributed by atoms with Crippen LogP contribution in [0.15, 0.2) is 66.7 Å². The lowest BCUT2D eigenvalue weighted by molar-refractivity contribution is 0.332. The van der Waals surface area contributed by atoms with Crippen LogP contribution in [-0.2, 0) is 37.9 Å². The molecule has 0 N–H and O–H groups in total. The highest BCUT2D eigenvalue weighted by Crippen LogP contribution is 2.58. The third kappa shape index (κ3) is 5.99. The summed E-state index contributed by atoms with van der Waals surface area (Å²) in [7, 11) is 0. The minimum atomic E-state index is 0.0486. The third-order valence-corrected chi connectivity index (χ3v) is 18.4. The van der Waals surface area contributed by atoms with Crippen molar-refractivity contribution in [2.75, 3.05) is 9.80 Å². The molecule has 0 radical (unpaired) electrons. The van der Waals surface area contributed by atoms with E-state index in [9.17, 15) is 0 Å². The van der Waals surface area contributed by atoms with Crippen molar-refractivity contribution >= 4 is 67.9 Å². The first kappa shape index (κ1) is 41.3. The van der Waals surface area contributed by atoms with Gasteiger partial charge in [-0.2, -0.15) is 11.3 Å². The van der Waals surface area contributed by atoms with Crippen LogP contribution < -0.4 is 25.5 Å². The molecule has 3 aliphatic carbocycles. The number of nitrogens with zero attached hydrogens (tertiary/aromatic N) is 2. The third-order valence-electron chi connectivity index (χ3n) is 16.8. The van der Waals surface area contributed by atoms with Crippen LogP contribution in [0.1, 0.15) is 186 Å². The molecule has 1 aromatic heterocycles. The molecule has 318 valence electrons. The molecule has 4 heteroatoms. The van der Waals surface area contributed by atoms with E-state index in [1.54, 1.807) is 20.8 Å². The van der Waals surface area contributed by atoms with Crippen LogP contribution in [0.25, 0.3) is 0 Å². The highest BCUT2D eigenvalue weighted by molar-refractivity contribution is 7.29. The normalized spacial score (nSPS) is 21.7. The lowest BCUT2D eigenvalue weighted by Crippen LogP contribution is -2.61. The smallest absolute Gasteiger partial charge is 0.264 e. The van der Waals surface area contributed by atoms with Crippen molar-refractivity contribution in [3.8, 4) is 0 Å². The van der Waals surface area contributed by atoms with Gasteiger partial charge in [0.05, 0.1) is 5.69 Å². The maximum Gasteiger partial charge on any atom is 0.264 e. The Morgan fingerprint density at radius 2 is 1.00 bits per heavy atom. The highest BCUT2D eigenvalue weighted by atomic mass is 32.1. The largest absolute Gasteiger partial charge is 0.311 e. The molecule has 0 fully saturated rings. The fraction of sp³-hybridized carbons (Fsp3) is 0.509. The van der Waals surface area contributed by atoms with Crippen molar-refractivity contribution in [2.24, 2.45) is 0 Å². The van der Waals surface area contributed by atoms with Crippen molar-refractivity contribution < 1.29 is 0 Å². The first-order valence-corrected chi connectivity index (χ1v) is 24.4. The molecule has 2 aliphatic heterocycles. The Morgan fingerprint density at radius 3 is 1.59 bits per heavy atom. The van der Waals surface area contributed by atoms with E-state index in [1.165, 1.54) is 111 Å². The van der Waals surface area contributed by atoms with Crippen LogP contribution in [0.3, 0.4) is 0 Å². The van der Waals surface area contributed by atoms with E-state index in [2.05, 4.69) is 199 Å². The number of rotatable bonds is 2. The molecule has 5 aromatic rings. The van der Waals surface area contributed by atoms with E-state index in [0.717, 1.165) is 0 Å². The summed E-state index contributed by atoms with van der Waals surface area (Å²) in [5.41, 5.74) is 22.1. The second-order valence-corrected chi connectivity index (χ2v) is 26.2. The SMILES string of the molecule is Cc1cc2c3c(c1)N(c1ccc4c(c1)C(C)(C)CCC4(C)C)c1c(sc4c1C(C)(C)CCC4(C)C)B3c1cc3c(cc1N2c1ccc(C(C)(C)C)cc1)C(C)(C)CCC3(C)C. The summed E-state index contributed by atoms with van der Waals surface area (Å²) in [6.07, 6.45) is 7.23.